The molecule has 0 bridgehead atoms. The number of nitriles is 1. The van der Waals surface area contributed by atoms with Crippen LogP contribution in [0, 0.1) is 11.3 Å². The molecule has 17 heavy (non-hydrogen) atoms. The SMILES string of the molecule is COc1cccc(-c2cc(C#N)ccc2O)c1. The van der Waals surface area contributed by atoms with E-state index in [1.165, 1.54) is 6.07 Å². The Labute approximate surface area is 99.5 Å². The first-order valence-corrected chi connectivity index (χ1v) is 5.12. The Balaban J connectivity index is 2.55. The topological polar surface area (TPSA) is 53.2 Å². The van der Waals surface area contributed by atoms with E-state index in [2.05, 4.69) is 6.07 Å². The fourth-order valence-electron chi connectivity index (χ4n) is 1.63. The second kappa shape index (κ2) is 4.58. The van der Waals surface area contributed by atoms with Gasteiger partial charge in [0.2, 0.25) is 0 Å². The van der Waals surface area contributed by atoms with Crippen molar-refractivity contribution in [1.82, 2.24) is 0 Å². The van der Waals surface area contributed by atoms with Gasteiger partial charge in [-0.3, -0.25) is 0 Å². The second-order valence-corrected chi connectivity index (χ2v) is 3.58. The Morgan fingerprint density at radius 3 is 2.71 bits per heavy atom. The number of ether oxygens (including phenoxy) is 1. The van der Waals surface area contributed by atoms with Gasteiger partial charge >= 0.3 is 0 Å². The predicted molar refractivity (Wildman–Crippen MR) is 64.8 cm³/mol. The van der Waals surface area contributed by atoms with Crippen molar-refractivity contribution in [2.45, 2.75) is 0 Å². The molecule has 0 spiro atoms. The highest BCUT2D eigenvalue weighted by Crippen LogP contribution is 2.31. The van der Waals surface area contributed by atoms with Crippen molar-refractivity contribution >= 4 is 0 Å². The van der Waals surface area contributed by atoms with Gasteiger partial charge in [0.15, 0.2) is 0 Å². The third kappa shape index (κ3) is 2.21. The molecule has 0 aliphatic heterocycles. The van der Waals surface area contributed by atoms with Gasteiger partial charge in [-0.1, -0.05) is 12.1 Å². The van der Waals surface area contributed by atoms with Gasteiger partial charge in [0.1, 0.15) is 11.5 Å². The summed E-state index contributed by atoms with van der Waals surface area (Å²) in [5, 5.41) is 18.6. The number of phenols is 1. The molecular formula is C14H11NO2. The first-order valence-electron chi connectivity index (χ1n) is 5.12. The first kappa shape index (κ1) is 11.0. The highest BCUT2D eigenvalue weighted by Gasteiger charge is 2.06. The van der Waals surface area contributed by atoms with Crippen molar-refractivity contribution in [2.75, 3.05) is 7.11 Å². The van der Waals surface area contributed by atoms with Crippen molar-refractivity contribution < 1.29 is 9.84 Å². The van der Waals surface area contributed by atoms with Crippen LogP contribution < -0.4 is 4.74 Å². The van der Waals surface area contributed by atoms with Crippen LogP contribution >= 0.6 is 0 Å². The van der Waals surface area contributed by atoms with Crippen LogP contribution in [0.1, 0.15) is 5.56 Å². The van der Waals surface area contributed by atoms with Gasteiger partial charge < -0.3 is 9.84 Å². The molecule has 2 aromatic carbocycles. The molecule has 0 radical (unpaired) electrons. The van der Waals surface area contributed by atoms with E-state index in [1.807, 2.05) is 24.3 Å². The quantitative estimate of drug-likeness (QED) is 0.854. The molecule has 3 heteroatoms. The van der Waals surface area contributed by atoms with E-state index < -0.39 is 0 Å². The lowest BCUT2D eigenvalue weighted by atomic mass is 10.0. The molecule has 0 aromatic heterocycles. The van der Waals surface area contributed by atoms with Crippen molar-refractivity contribution in [3.05, 3.63) is 48.0 Å². The molecule has 0 fully saturated rings. The normalized spacial score (nSPS) is 9.65. The Kier molecular flexibility index (Phi) is 2.97. The second-order valence-electron chi connectivity index (χ2n) is 3.58. The average molecular weight is 225 g/mol. The molecule has 0 unspecified atom stereocenters. The fourth-order valence-corrected chi connectivity index (χ4v) is 1.63. The summed E-state index contributed by atoms with van der Waals surface area (Å²) in [4.78, 5) is 0. The lowest BCUT2D eigenvalue weighted by Gasteiger charge is -2.07. The number of rotatable bonds is 2. The van der Waals surface area contributed by atoms with Gasteiger partial charge in [-0.15, -0.1) is 0 Å². The molecule has 0 aliphatic rings. The van der Waals surface area contributed by atoms with Gasteiger partial charge in [0.25, 0.3) is 0 Å². The molecule has 0 saturated carbocycles. The van der Waals surface area contributed by atoms with Crippen LogP contribution in [0.4, 0.5) is 0 Å². The number of methoxy groups -OCH3 is 1. The zero-order valence-electron chi connectivity index (χ0n) is 9.34. The van der Waals surface area contributed by atoms with E-state index >= 15 is 0 Å². The largest absolute Gasteiger partial charge is 0.507 e. The number of hydrogen-bond acceptors (Lipinski definition) is 3. The lowest BCUT2D eigenvalue weighted by molar-refractivity contribution is 0.415. The summed E-state index contributed by atoms with van der Waals surface area (Å²) in [6.07, 6.45) is 0. The molecule has 2 aromatic rings. The van der Waals surface area contributed by atoms with Crippen molar-refractivity contribution in [2.24, 2.45) is 0 Å². The first-order chi connectivity index (χ1) is 8.24. The molecule has 0 saturated heterocycles. The molecule has 2 rings (SSSR count). The number of benzene rings is 2. The maximum absolute atomic E-state index is 9.80. The van der Waals surface area contributed by atoms with Gasteiger partial charge in [-0.05, 0) is 35.9 Å². The van der Waals surface area contributed by atoms with Crippen molar-refractivity contribution in [1.29, 1.82) is 5.26 Å². The Bertz CT molecular complexity index is 585. The smallest absolute Gasteiger partial charge is 0.123 e. The molecule has 84 valence electrons. The minimum Gasteiger partial charge on any atom is -0.507 e. The number of hydrogen-bond donors (Lipinski definition) is 1. The van der Waals surface area contributed by atoms with Crippen molar-refractivity contribution in [3.63, 3.8) is 0 Å². The van der Waals surface area contributed by atoms with Crippen LogP contribution in [0.5, 0.6) is 11.5 Å². The van der Waals surface area contributed by atoms with E-state index in [4.69, 9.17) is 10.00 Å². The highest BCUT2D eigenvalue weighted by molar-refractivity contribution is 5.72. The van der Waals surface area contributed by atoms with Crippen LogP contribution in [0.2, 0.25) is 0 Å². The summed E-state index contributed by atoms with van der Waals surface area (Å²) >= 11 is 0. The summed E-state index contributed by atoms with van der Waals surface area (Å²) in [7, 11) is 1.59. The molecule has 1 N–H and O–H groups in total. The maximum atomic E-state index is 9.80. The van der Waals surface area contributed by atoms with Crippen LogP contribution in [0.3, 0.4) is 0 Å². The number of nitrogens with zero attached hydrogens (tertiary/aromatic N) is 1. The Morgan fingerprint density at radius 2 is 2.00 bits per heavy atom. The Hall–Kier alpha value is -2.47. The highest BCUT2D eigenvalue weighted by atomic mass is 16.5. The summed E-state index contributed by atoms with van der Waals surface area (Å²) in [5.41, 5.74) is 1.96. The summed E-state index contributed by atoms with van der Waals surface area (Å²) in [6.45, 7) is 0. The molecule has 0 amide bonds. The lowest BCUT2D eigenvalue weighted by Crippen LogP contribution is -1.85. The standard InChI is InChI=1S/C14H11NO2/c1-17-12-4-2-3-11(8-12)13-7-10(9-15)5-6-14(13)16/h2-8,16H,1H3. The third-order valence-corrected chi connectivity index (χ3v) is 2.51. The maximum Gasteiger partial charge on any atom is 0.123 e. The van der Waals surface area contributed by atoms with E-state index in [9.17, 15) is 5.11 Å². The van der Waals surface area contributed by atoms with Gasteiger partial charge in [-0.25, -0.2) is 0 Å². The fraction of sp³-hybridized carbons (Fsp3) is 0.0714. The molecular weight excluding hydrogens is 214 g/mol. The molecule has 0 heterocycles. The summed E-state index contributed by atoms with van der Waals surface area (Å²) < 4.78 is 5.13. The minimum atomic E-state index is 0.150. The molecule has 0 aliphatic carbocycles. The summed E-state index contributed by atoms with van der Waals surface area (Å²) in [5.74, 6) is 0.863. The molecule has 0 atom stereocenters. The van der Waals surface area contributed by atoms with Gasteiger partial charge in [-0.2, -0.15) is 5.26 Å². The molecule has 3 nitrogen and oxygen atoms in total. The average Bonchev–Trinajstić information content (AvgIpc) is 2.39. The van der Waals surface area contributed by atoms with Gasteiger partial charge in [0.05, 0.1) is 18.7 Å². The van der Waals surface area contributed by atoms with E-state index in [0.29, 0.717) is 16.9 Å². The predicted octanol–water partition coefficient (Wildman–Crippen LogP) is 2.94. The van der Waals surface area contributed by atoms with E-state index in [1.54, 1.807) is 19.2 Å². The van der Waals surface area contributed by atoms with Crippen LogP contribution in [0.15, 0.2) is 42.5 Å². The van der Waals surface area contributed by atoms with Crippen LogP contribution in [-0.4, -0.2) is 12.2 Å². The van der Waals surface area contributed by atoms with Crippen LogP contribution in [0.25, 0.3) is 11.1 Å². The van der Waals surface area contributed by atoms with Crippen molar-refractivity contribution in [3.8, 4) is 28.7 Å². The van der Waals surface area contributed by atoms with Gasteiger partial charge in [0, 0.05) is 5.56 Å². The number of phenolic OH excluding ortho intramolecular Hbond substituents is 1. The van der Waals surface area contributed by atoms with E-state index in [0.717, 1.165) is 5.56 Å². The number of aromatic hydroxyl groups is 1. The zero-order chi connectivity index (χ0) is 12.3. The Morgan fingerprint density at radius 1 is 1.18 bits per heavy atom. The van der Waals surface area contributed by atoms with E-state index in [-0.39, 0.29) is 5.75 Å². The minimum absolute atomic E-state index is 0.150. The monoisotopic (exact) mass is 225 g/mol. The zero-order valence-corrected chi connectivity index (χ0v) is 9.34. The summed E-state index contributed by atoms with van der Waals surface area (Å²) in [6, 6.07) is 14.2. The third-order valence-electron chi connectivity index (χ3n) is 2.51. The van der Waals surface area contributed by atoms with Crippen LogP contribution in [-0.2, 0) is 0 Å².